The number of hydrogen-bond acceptors (Lipinski definition) is 2. The van der Waals surface area contributed by atoms with Crippen molar-refractivity contribution < 1.29 is 0 Å². The highest BCUT2D eigenvalue weighted by atomic mass is 15.1. The molecule has 0 bridgehead atoms. The lowest BCUT2D eigenvalue weighted by Crippen LogP contribution is -2.27. The predicted octanol–water partition coefficient (Wildman–Crippen LogP) is 3.28. The highest BCUT2D eigenvalue weighted by Gasteiger charge is 2.15. The topological polar surface area (TPSA) is 15.3 Å². The molecule has 0 aliphatic carbocycles. The minimum atomic E-state index is 0.134. The summed E-state index contributed by atoms with van der Waals surface area (Å²) in [6.07, 6.45) is 2.47. The largest absolute Gasteiger partial charge is 0.380 e. The molecule has 1 N–H and O–H groups in total. The van der Waals surface area contributed by atoms with Crippen LogP contribution >= 0.6 is 0 Å². The van der Waals surface area contributed by atoms with Crippen LogP contribution in [-0.2, 0) is 6.42 Å². The molecule has 16 heavy (non-hydrogen) atoms. The van der Waals surface area contributed by atoms with Crippen molar-refractivity contribution in [2.24, 2.45) is 0 Å². The number of nitrogens with one attached hydrogen (secondary N) is 1. The molecule has 0 radical (unpaired) electrons. The fourth-order valence-electron chi connectivity index (χ4n) is 2.30. The molecule has 1 aromatic carbocycles. The first kappa shape index (κ1) is 11.3. The van der Waals surface area contributed by atoms with Gasteiger partial charge in [-0.05, 0) is 57.4 Å². The van der Waals surface area contributed by atoms with Gasteiger partial charge in [-0.3, -0.25) is 0 Å². The average molecular weight is 218 g/mol. The fraction of sp³-hybridized carbons (Fsp3) is 0.571. The van der Waals surface area contributed by atoms with Gasteiger partial charge in [0.25, 0.3) is 0 Å². The number of benzene rings is 1. The van der Waals surface area contributed by atoms with E-state index in [0.717, 1.165) is 0 Å². The van der Waals surface area contributed by atoms with Crippen LogP contribution in [-0.4, -0.2) is 19.1 Å². The molecule has 0 atom stereocenters. The van der Waals surface area contributed by atoms with Gasteiger partial charge in [0.05, 0.1) is 0 Å². The number of nitrogens with zero attached hydrogens (tertiary/aromatic N) is 1. The molecule has 0 amide bonds. The van der Waals surface area contributed by atoms with E-state index in [9.17, 15) is 0 Å². The van der Waals surface area contributed by atoms with Crippen molar-refractivity contribution in [2.75, 3.05) is 23.8 Å². The Morgan fingerprint density at radius 3 is 2.69 bits per heavy atom. The number of fused-ring (bicyclic) bond motifs is 1. The van der Waals surface area contributed by atoms with Crippen molar-refractivity contribution in [3.05, 3.63) is 23.8 Å². The van der Waals surface area contributed by atoms with Crippen molar-refractivity contribution in [2.45, 2.75) is 39.2 Å². The summed E-state index contributed by atoms with van der Waals surface area (Å²) in [6, 6.07) is 6.73. The normalized spacial score (nSPS) is 15.9. The van der Waals surface area contributed by atoms with Gasteiger partial charge in [-0.2, -0.15) is 0 Å². The van der Waals surface area contributed by atoms with Crippen molar-refractivity contribution in [3.8, 4) is 0 Å². The maximum absolute atomic E-state index is 3.53. The second-order valence-electron chi connectivity index (χ2n) is 5.74. The molecule has 2 heteroatoms. The van der Waals surface area contributed by atoms with Crippen LogP contribution in [0, 0.1) is 0 Å². The molecule has 88 valence electrons. The van der Waals surface area contributed by atoms with Crippen molar-refractivity contribution >= 4 is 11.4 Å². The third-order valence-electron chi connectivity index (χ3n) is 2.95. The average Bonchev–Trinajstić information content (AvgIpc) is 2.15. The van der Waals surface area contributed by atoms with E-state index in [4.69, 9.17) is 0 Å². The van der Waals surface area contributed by atoms with Gasteiger partial charge in [-0.1, -0.05) is 0 Å². The van der Waals surface area contributed by atoms with Gasteiger partial charge in [0, 0.05) is 30.5 Å². The first-order valence-electron chi connectivity index (χ1n) is 6.08. The Kier molecular flexibility index (Phi) is 2.83. The summed E-state index contributed by atoms with van der Waals surface area (Å²) in [5.41, 5.74) is 4.24. The van der Waals surface area contributed by atoms with Gasteiger partial charge in [0.1, 0.15) is 0 Å². The van der Waals surface area contributed by atoms with Gasteiger partial charge in [-0.15, -0.1) is 0 Å². The summed E-state index contributed by atoms with van der Waals surface area (Å²) in [4.78, 5) is 2.35. The zero-order valence-corrected chi connectivity index (χ0v) is 10.8. The Hall–Kier alpha value is -1.18. The second kappa shape index (κ2) is 4.00. The number of hydrogen-bond donors (Lipinski definition) is 1. The summed E-state index contributed by atoms with van der Waals surface area (Å²) in [5, 5.41) is 3.53. The van der Waals surface area contributed by atoms with Crippen molar-refractivity contribution in [3.63, 3.8) is 0 Å². The molecule has 0 saturated heterocycles. The van der Waals surface area contributed by atoms with E-state index in [1.165, 1.54) is 36.3 Å². The van der Waals surface area contributed by atoms with Crippen LogP contribution in [0.25, 0.3) is 0 Å². The van der Waals surface area contributed by atoms with E-state index in [1.54, 1.807) is 0 Å². The van der Waals surface area contributed by atoms with Gasteiger partial charge in [-0.25, -0.2) is 0 Å². The third kappa shape index (κ3) is 2.49. The molecular weight excluding hydrogens is 196 g/mol. The van der Waals surface area contributed by atoms with E-state index in [0.29, 0.717) is 0 Å². The molecule has 0 fully saturated rings. The zero-order chi connectivity index (χ0) is 11.8. The molecule has 1 aliphatic heterocycles. The van der Waals surface area contributed by atoms with Gasteiger partial charge < -0.3 is 10.2 Å². The van der Waals surface area contributed by atoms with Gasteiger partial charge in [0.15, 0.2) is 0 Å². The fourth-order valence-corrected chi connectivity index (χ4v) is 2.30. The molecular formula is C14H22N2. The minimum Gasteiger partial charge on any atom is -0.380 e. The molecule has 0 aromatic heterocycles. The van der Waals surface area contributed by atoms with Gasteiger partial charge in [0.2, 0.25) is 0 Å². The SMILES string of the molecule is CN1CCCc2cc(NC(C)(C)C)ccc21. The monoisotopic (exact) mass is 218 g/mol. The van der Waals surface area contributed by atoms with Crippen LogP contribution < -0.4 is 10.2 Å². The summed E-state index contributed by atoms with van der Waals surface area (Å²) in [6.45, 7) is 7.76. The Bertz CT molecular complexity index is 377. The first-order chi connectivity index (χ1) is 7.46. The summed E-state index contributed by atoms with van der Waals surface area (Å²) in [5.74, 6) is 0. The third-order valence-corrected chi connectivity index (χ3v) is 2.95. The van der Waals surface area contributed by atoms with Crippen LogP contribution in [0.2, 0.25) is 0 Å². The standard InChI is InChI=1S/C14H22N2/c1-14(2,3)15-12-7-8-13-11(10-12)6-5-9-16(13)4/h7-8,10,15H,5-6,9H2,1-4H3. The first-order valence-corrected chi connectivity index (χ1v) is 6.08. The number of rotatable bonds is 1. The summed E-state index contributed by atoms with van der Waals surface area (Å²) < 4.78 is 0. The lowest BCUT2D eigenvalue weighted by atomic mass is 10.0. The molecule has 1 heterocycles. The van der Waals surface area contributed by atoms with Crippen LogP contribution in [0.4, 0.5) is 11.4 Å². The summed E-state index contributed by atoms with van der Waals surface area (Å²) >= 11 is 0. The molecule has 1 aliphatic rings. The molecule has 2 nitrogen and oxygen atoms in total. The number of aryl methyl sites for hydroxylation is 1. The second-order valence-corrected chi connectivity index (χ2v) is 5.74. The van der Waals surface area contributed by atoms with E-state index in [1.807, 2.05) is 0 Å². The van der Waals surface area contributed by atoms with E-state index in [2.05, 4.69) is 56.2 Å². The Labute approximate surface area is 98.7 Å². The Morgan fingerprint density at radius 1 is 1.25 bits per heavy atom. The molecule has 0 unspecified atom stereocenters. The minimum absolute atomic E-state index is 0.134. The molecule has 0 spiro atoms. The lowest BCUT2D eigenvalue weighted by Gasteiger charge is -2.29. The van der Waals surface area contributed by atoms with Crippen LogP contribution in [0.5, 0.6) is 0 Å². The predicted molar refractivity (Wildman–Crippen MR) is 71.4 cm³/mol. The maximum Gasteiger partial charge on any atom is 0.0397 e. The molecule has 1 aromatic rings. The number of anilines is 2. The highest BCUT2D eigenvalue weighted by Crippen LogP contribution is 2.29. The van der Waals surface area contributed by atoms with Gasteiger partial charge >= 0.3 is 0 Å². The van der Waals surface area contributed by atoms with E-state index in [-0.39, 0.29) is 5.54 Å². The zero-order valence-electron chi connectivity index (χ0n) is 10.8. The Morgan fingerprint density at radius 2 is 2.00 bits per heavy atom. The van der Waals surface area contributed by atoms with Crippen molar-refractivity contribution in [1.29, 1.82) is 0 Å². The molecule has 2 rings (SSSR count). The highest BCUT2D eigenvalue weighted by molar-refractivity contribution is 5.62. The lowest BCUT2D eigenvalue weighted by molar-refractivity contribution is 0.633. The van der Waals surface area contributed by atoms with Crippen LogP contribution in [0.1, 0.15) is 32.8 Å². The quantitative estimate of drug-likeness (QED) is 0.778. The van der Waals surface area contributed by atoms with E-state index < -0.39 is 0 Å². The molecule has 0 saturated carbocycles. The maximum atomic E-state index is 3.53. The van der Waals surface area contributed by atoms with Crippen molar-refractivity contribution in [1.82, 2.24) is 0 Å². The Balaban J connectivity index is 2.25. The van der Waals surface area contributed by atoms with Crippen LogP contribution in [0.15, 0.2) is 18.2 Å². The van der Waals surface area contributed by atoms with E-state index >= 15 is 0 Å². The summed E-state index contributed by atoms with van der Waals surface area (Å²) in [7, 11) is 2.18. The van der Waals surface area contributed by atoms with Crippen LogP contribution in [0.3, 0.4) is 0 Å². The smallest absolute Gasteiger partial charge is 0.0397 e.